The Labute approximate surface area is 176 Å². The van der Waals surface area contributed by atoms with Crippen LogP contribution in [-0.2, 0) is 0 Å². The van der Waals surface area contributed by atoms with Crippen LogP contribution in [0.15, 0.2) is 20.3 Å². The predicted molar refractivity (Wildman–Crippen MR) is 126 cm³/mol. The summed E-state index contributed by atoms with van der Waals surface area (Å²) in [7, 11) is 0. The molecule has 0 fully saturated rings. The highest BCUT2D eigenvalue weighted by atomic mass is 32.1. The molecule has 0 spiro atoms. The molecule has 0 rings (SSSR count). The second-order valence-corrected chi connectivity index (χ2v) is 7.02. The van der Waals surface area contributed by atoms with Crippen molar-refractivity contribution in [1.29, 1.82) is 0 Å². The van der Waals surface area contributed by atoms with Crippen molar-refractivity contribution in [2.45, 2.75) is 53.4 Å². The molecule has 0 aliphatic rings. The minimum Gasteiger partial charge on any atom is -0.375 e. The second kappa shape index (κ2) is 14.1. The van der Waals surface area contributed by atoms with Crippen LogP contribution in [0.25, 0.3) is 0 Å². The minimum absolute atomic E-state index is 0.138. The van der Waals surface area contributed by atoms with Gasteiger partial charge in [-0.05, 0) is 90.0 Å². The molecule has 0 bridgehead atoms. The van der Waals surface area contributed by atoms with Gasteiger partial charge in [-0.15, -0.1) is 0 Å². The van der Waals surface area contributed by atoms with Crippen LogP contribution in [0, 0.1) is 0 Å². The Morgan fingerprint density at radius 3 is 1.33 bits per heavy atom. The Morgan fingerprint density at radius 1 is 0.630 bits per heavy atom. The summed E-state index contributed by atoms with van der Waals surface area (Å²) in [5.74, 6) is 0. The molecule has 9 nitrogen and oxygen atoms in total. The van der Waals surface area contributed by atoms with Crippen LogP contribution in [0.4, 0.5) is 0 Å². The van der Waals surface area contributed by atoms with Crippen molar-refractivity contribution in [3.05, 3.63) is 0 Å². The van der Waals surface area contributed by atoms with Crippen molar-refractivity contribution in [3.8, 4) is 0 Å². The molecule has 0 unspecified atom stereocenters. The summed E-state index contributed by atoms with van der Waals surface area (Å²) in [6, 6.07) is 0. The highest BCUT2D eigenvalue weighted by molar-refractivity contribution is 7.80. The standard InChI is InChI=1S/C15H27N9S3/c1-9(5-6-10(2)19-22-13(16)25)18-15(27)24-21-12(4)8-7-11(3)20-23-14(17)26/h5-8H2,1-4H3,(H,24,27)(H3,16,22,25)(H3,17,23,26)/b18-9+,19-10+,20-11+,21-12+. The van der Waals surface area contributed by atoms with Crippen molar-refractivity contribution in [3.63, 3.8) is 0 Å². The van der Waals surface area contributed by atoms with Crippen LogP contribution in [0.3, 0.4) is 0 Å². The fourth-order valence-electron chi connectivity index (χ4n) is 1.59. The predicted octanol–water partition coefficient (Wildman–Crippen LogP) is 1.68. The maximum atomic E-state index is 5.32. The fourth-order valence-corrected chi connectivity index (χ4v) is 1.88. The smallest absolute Gasteiger partial charge is 0.213 e. The second-order valence-electron chi connectivity index (χ2n) is 5.76. The average Bonchev–Trinajstić information content (AvgIpc) is 2.59. The number of nitrogens with one attached hydrogen (secondary N) is 3. The topological polar surface area (TPSA) is 138 Å². The number of nitrogens with zero attached hydrogens (tertiary/aromatic N) is 4. The van der Waals surface area contributed by atoms with Crippen molar-refractivity contribution in [2.24, 2.45) is 31.8 Å². The van der Waals surface area contributed by atoms with E-state index in [1.165, 1.54) is 0 Å². The molecule has 0 atom stereocenters. The van der Waals surface area contributed by atoms with Gasteiger partial charge in [-0.2, -0.15) is 15.3 Å². The maximum absolute atomic E-state index is 5.32. The summed E-state index contributed by atoms with van der Waals surface area (Å²) in [6.07, 6.45) is 2.87. The van der Waals surface area contributed by atoms with E-state index in [0.717, 1.165) is 42.1 Å². The van der Waals surface area contributed by atoms with Gasteiger partial charge in [0.25, 0.3) is 0 Å². The number of hydrazone groups is 3. The van der Waals surface area contributed by atoms with Crippen molar-refractivity contribution >= 4 is 74.8 Å². The zero-order valence-electron chi connectivity index (χ0n) is 16.0. The third-order valence-electron chi connectivity index (χ3n) is 3.05. The lowest BCUT2D eigenvalue weighted by Gasteiger charge is -2.05. The molecule has 12 heteroatoms. The maximum Gasteiger partial charge on any atom is 0.213 e. The monoisotopic (exact) mass is 429 g/mol. The van der Waals surface area contributed by atoms with Crippen molar-refractivity contribution in [2.75, 3.05) is 0 Å². The molecule has 7 N–H and O–H groups in total. The number of thiocarbonyl (C=S) groups is 3. The number of hydrogen-bond donors (Lipinski definition) is 5. The van der Waals surface area contributed by atoms with E-state index in [1.807, 2.05) is 27.7 Å². The normalized spacial score (nSPS) is 13.2. The quantitative estimate of drug-likeness (QED) is 0.212. The number of hydrogen-bond acceptors (Lipinski definition) is 6. The van der Waals surface area contributed by atoms with E-state index in [9.17, 15) is 0 Å². The van der Waals surface area contributed by atoms with Crippen molar-refractivity contribution in [1.82, 2.24) is 16.3 Å². The van der Waals surface area contributed by atoms with E-state index < -0.39 is 0 Å². The van der Waals surface area contributed by atoms with Gasteiger partial charge in [0, 0.05) is 22.8 Å². The van der Waals surface area contributed by atoms with Gasteiger partial charge in [0.1, 0.15) is 0 Å². The van der Waals surface area contributed by atoms with Crippen LogP contribution in [-0.4, -0.2) is 38.2 Å². The molecule has 0 amide bonds. The average molecular weight is 430 g/mol. The molecule has 27 heavy (non-hydrogen) atoms. The lowest BCUT2D eigenvalue weighted by molar-refractivity contribution is 0.969. The number of rotatable bonds is 9. The molecular formula is C15H27N9S3. The Kier molecular flexibility index (Phi) is 13.0. The van der Waals surface area contributed by atoms with Crippen LogP contribution in [0.1, 0.15) is 53.4 Å². The van der Waals surface area contributed by atoms with E-state index in [-0.39, 0.29) is 10.2 Å². The Morgan fingerprint density at radius 2 is 0.963 bits per heavy atom. The molecule has 0 heterocycles. The van der Waals surface area contributed by atoms with Gasteiger partial charge in [0.2, 0.25) is 5.11 Å². The Balaban J connectivity index is 4.34. The third-order valence-corrected chi connectivity index (χ3v) is 3.41. The highest BCUT2D eigenvalue weighted by Gasteiger charge is 2.00. The van der Waals surface area contributed by atoms with Gasteiger partial charge in [0.15, 0.2) is 10.2 Å². The first-order chi connectivity index (χ1) is 12.6. The Hall–Kier alpha value is -2.05. The largest absolute Gasteiger partial charge is 0.375 e. The van der Waals surface area contributed by atoms with Gasteiger partial charge in [-0.1, -0.05) is 0 Å². The zero-order valence-corrected chi connectivity index (χ0v) is 18.4. The first-order valence-corrected chi connectivity index (χ1v) is 9.37. The number of nitrogens with two attached hydrogens (primary N) is 2. The van der Waals surface area contributed by atoms with E-state index in [0.29, 0.717) is 11.5 Å². The van der Waals surface area contributed by atoms with Crippen LogP contribution in [0.2, 0.25) is 0 Å². The summed E-state index contributed by atoms with van der Waals surface area (Å²) in [5, 5.41) is 12.9. The molecule has 0 saturated carbocycles. The lowest BCUT2D eigenvalue weighted by atomic mass is 10.2. The first-order valence-electron chi connectivity index (χ1n) is 8.14. The lowest BCUT2D eigenvalue weighted by Crippen LogP contribution is -2.25. The third kappa shape index (κ3) is 15.9. The van der Waals surface area contributed by atoms with E-state index in [1.54, 1.807) is 0 Å². The van der Waals surface area contributed by atoms with E-state index in [4.69, 9.17) is 35.9 Å². The van der Waals surface area contributed by atoms with Crippen LogP contribution >= 0.6 is 36.7 Å². The highest BCUT2D eigenvalue weighted by Crippen LogP contribution is 1.98. The molecule has 0 aliphatic heterocycles. The Bertz CT molecular complexity index is 665. The molecule has 0 saturated heterocycles. The van der Waals surface area contributed by atoms with Crippen LogP contribution < -0.4 is 27.7 Å². The van der Waals surface area contributed by atoms with Gasteiger partial charge in [-0.25, -0.2) is 4.99 Å². The van der Waals surface area contributed by atoms with Crippen LogP contribution in [0.5, 0.6) is 0 Å². The zero-order chi connectivity index (χ0) is 20.8. The number of aliphatic imine (C=N–C) groups is 1. The summed E-state index contributed by atoms with van der Waals surface area (Å²) in [6.45, 7) is 7.56. The molecule has 0 aromatic carbocycles. The summed E-state index contributed by atoms with van der Waals surface area (Å²) in [4.78, 5) is 4.30. The van der Waals surface area contributed by atoms with Gasteiger partial charge in [0.05, 0.1) is 0 Å². The molecule has 0 aromatic heterocycles. The fraction of sp³-hybridized carbons (Fsp3) is 0.533. The molecule has 150 valence electrons. The SMILES string of the molecule is C/C(CC/C(C)=N/NC(=S)/N=C(\C)CC/C(C)=N/NC(N)=S)=N\NC(N)=S. The molecular weight excluding hydrogens is 402 g/mol. The van der Waals surface area contributed by atoms with Gasteiger partial charge >= 0.3 is 0 Å². The summed E-state index contributed by atoms with van der Waals surface area (Å²) in [5.41, 5.74) is 22.0. The molecule has 0 aromatic rings. The molecule has 0 radical (unpaired) electrons. The van der Waals surface area contributed by atoms with Gasteiger partial charge < -0.3 is 11.5 Å². The summed E-state index contributed by atoms with van der Waals surface area (Å²) < 4.78 is 0. The summed E-state index contributed by atoms with van der Waals surface area (Å²) >= 11 is 14.6. The van der Waals surface area contributed by atoms with E-state index in [2.05, 4.69) is 48.8 Å². The molecule has 0 aliphatic carbocycles. The van der Waals surface area contributed by atoms with Crippen molar-refractivity contribution < 1.29 is 0 Å². The van der Waals surface area contributed by atoms with Gasteiger partial charge in [-0.3, -0.25) is 16.3 Å². The minimum atomic E-state index is 0.138. The first kappa shape index (κ1) is 24.9. The van der Waals surface area contributed by atoms with E-state index >= 15 is 0 Å².